The number of benzene rings is 1. The fraction of sp³-hybridized carbons (Fsp3) is 0.214. The van der Waals surface area contributed by atoms with Gasteiger partial charge in [-0.2, -0.15) is 0 Å². The molecule has 1 aromatic rings. The van der Waals surface area contributed by atoms with Crippen LogP contribution in [-0.4, -0.2) is 17.6 Å². The zero-order valence-corrected chi connectivity index (χ0v) is 10.1. The van der Waals surface area contributed by atoms with Gasteiger partial charge in [0.1, 0.15) is 0 Å². The molecule has 0 aliphatic carbocycles. The Hall–Kier alpha value is -1.87. The van der Waals surface area contributed by atoms with Crippen LogP contribution in [0, 0.1) is 0 Å². The van der Waals surface area contributed by atoms with E-state index in [9.17, 15) is 4.79 Å². The van der Waals surface area contributed by atoms with E-state index in [0.29, 0.717) is 0 Å². The zero-order chi connectivity index (χ0) is 12.7. The zero-order valence-electron chi connectivity index (χ0n) is 10.1. The van der Waals surface area contributed by atoms with Gasteiger partial charge < -0.3 is 10.4 Å². The number of carbonyl (C=O) groups excluding carboxylic acids is 1. The molecule has 0 saturated heterocycles. The summed E-state index contributed by atoms with van der Waals surface area (Å²) in [6.45, 7) is 3.47. The number of amides is 1. The Morgan fingerprint density at radius 2 is 1.94 bits per heavy atom. The summed E-state index contributed by atoms with van der Waals surface area (Å²) < 4.78 is 0. The molecule has 0 aliphatic rings. The van der Waals surface area contributed by atoms with Crippen LogP contribution in [-0.2, 0) is 4.79 Å². The summed E-state index contributed by atoms with van der Waals surface area (Å²) >= 11 is 0. The van der Waals surface area contributed by atoms with Gasteiger partial charge in [-0.1, -0.05) is 35.9 Å². The van der Waals surface area contributed by atoms with Crippen molar-refractivity contribution in [3.05, 3.63) is 47.6 Å². The first-order valence-electron chi connectivity index (χ1n) is 5.45. The largest absolute Gasteiger partial charge is 0.392 e. The average molecular weight is 231 g/mol. The maximum absolute atomic E-state index is 10.8. The second-order valence-electron chi connectivity index (χ2n) is 3.77. The lowest BCUT2D eigenvalue weighted by atomic mass is 10.1. The third kappa shape index (κ3) is 5.13. The van der Waals surface area contributed by atoms with Crippen LogP contribution in [0.25, 0.3) is 6.08 Å². The molecule has 90 valence electrons. The minimum atomic E-state index is -0.0741. The molecule has 0 bridgehead atoms. The van der Waals surface area contributed by atoms with E-state index in [2.05, 4.69) is 5.32 Å². The van der Waals surface area contributed by atoms with Gasteiger partial charge in [-0.3, -0.25) is 4.79 Å². The summed E-state index contributed by atoms with van der Waals surface area (Å²) in [4.78, 5) is 10.8. The van der Waals surface area contributed by atoms with E-state index < -0.39 is 0 Å². The molecule has 1 amide bonds. The highest BCUT2D eigenvalue weighted by molar-refractivity contribution is 5.88. The van der Waals surface area contributed by atoms with Crippen LogP contribution < -0.4 is 5.32 Å². The van der Waals surface area contributed by atoms with E-state index >= 15 is 0 Å². The summed E-state index contributed by atoms with van der Waals surface area (Å²) in [5.74, 6) is -0.0741. The molecular formula is C14H17NO2. The number of hydrogen-bond acceptors (Lipinski definition) is 2. The molecule has 1 rings (SSSR count). The van der Waals surface area contributed by atoms with Gasteiger partial charge in [0.2, 0.25) is 5.91 Å². The number of anilines is 1. The molecule has 0 aromatic heterocycles. The third-order valence-corrected chi connectivity index (χ3v) is 2.18. The van der Waals surface area contributed by atoms with Crippen molar-refractivity contribution in [2.45, 2.75) is 13.8 Å². The van der Waals surface area contributed by atoms with Crippen LogP contribution in [0.1, 0.15) is 19.4 Å². The van der Waals surface area contributed by atoms with Crippen LogP contribution in [0.3, 0.4) is 0 Å². The van der Waals surface area contributed by atoms with E-state index in [4.69, 9.17) is 5.11 Å². The highest BCUT2D eigenvalue weighted by Crippen LogP contribution is 2.11. The highest BCUT2D eigenvalue weighted by atomic mass is 16.2. The van der Waals surface area contributed by atoms with Crippen LogP contribution >= 0.6 is 0 Å². The number of aliphatic hydroxyl groups is 1. The molecule has 0 aliphatic heterocycles. The van der Waals surface area contributed by atoms with Gasteiger partial charge in [-0.05, 0) is 24.6 Å². The molecule has 0 unspecified atom stereocenters. The van der Waals surface area contributed by atoms with Crippen LogP contribution in [0.4, 0.5) is 5.69 Å². The van der Waals surface area contributed by atoms with Crippen molar-refractivity contribution < 1.29 is 9.90 Å². The molecule has 0 spiro atoms. The monoisotopic (exact) mass is 231 g/mol. The summed E-state index contributed by atoms with van der Waals surface area (Å²) in [6.07, 6.45) is 5.63. The van der Waals surface area contributed by atoms with Gasteiger partial charge >= 0.3 is 0 Å². The predicted octanol–water partition coefficient (Wildman–Crippen LogP) is 2.60. The fourth-order valence-corrected chi connectivity index (χ4v) is 1.32. The minimum absolute atomic E-state index is 0.0532. The topological polar surface area (TPSA) is 49.3 Å². The van der Waals surface area contributed by atoms with E-state index in [0.717, 1.165) is 16.8 Å². The number of hydrogen-bond donors (Lipinski definition) is 2. The van der Waals surface area contributed by atoms with Gasteiger partial charge in [0, 0.05) is 12.6 Å². The Balaban J connectivity index is 2.68. The van der Waals surface area contributed by atoms with E-state index in [1.165, 1.54) is 6.92 Å². The van der Waals surface area contributed by atoms with E-state index in [-0.39, 0.29) is 12.5 Å². The normalized spacial score (nSPS) is 11.8. The molecule has 0 radical (unpaired) electrons. The number of aliphatic hydroxyl groups excluding tert-OH is 1. The van der Waals surface area contributed by atoms with Crippen molar-refractivity contribution >= 4 is 17.7 Å². The van der Waals surface area contributed by atoms with Crippen molar-refractivity contribution in [1.29, 1.82) is 0 Å². The Kier molecular flexibility index (Phi) is 5.17. The Morgan fingerprint density at radius 3 is 2.47 bits per heavy atom. The average Bonchev–Trinajstić information content (AvgIpc) is 2.28. The molecule has 0 saturated carbocycles. The van der Waals surface area contributed by atoms with Crippen molar-refractivity contribution in [2.24, 2.45) is 0 Å². The van der Waals surface area contributed by atoms with E-state index in [1.807, 2.05) is 43.3 Å². The van der Waals surface area contributed by atoms with E-state index in [1.54, 1.807) is 6.08 Å². The predicted molar refractivity (Wildman–Crippen MR) is 70.6 cm³/mol. The summed E-state index contributed by atoms with van der Waals surface area (Å²) in [7, 11) is 0. The molecule has 2 N–H and O–H groups in total. The van der Waals surface area contributed by atoms with Gasteiger partial charge in [0.25, 0.3) is 0 Å². The lowest BCUT2D eigenvalue weighted by Crippen LogP contribution is -2.05. The molecule has 0 heterocycles. The van der Waals surface area contributed by atoms with Gasteiger partial charge in [0.15, 0.2) is 0 Å². The molecule has 3 heteroatoms. The van der Waals surface area contributed by atoms with Crippen molar-refractivity contribution in [3.8, 4) is 0 Å². The van der Waals surface area contributed by atoms with Gasteiger partial charge in [0.05, 0.1) is 6.61 Å². The molecule has 1 aromatic carbocycles. The van der Waals surface area contributed by atoms with Crippen LogP contribution in [0.2, 0.25) is 0 Å². The third-order valence-electron chi connectivity index (χ3n) is 2.18. The van der Waals surface area contributed by atoms with Crippen LogP contribution in [0.5, 0.6) is 0 Å². The maximum Gasteiger partial charge on any atom is 0.221 e. The van der Waals surface area contributed by atoms with Crippen molar-refractivity contribution in [3.63, 3.8) is 0 Å². The summed E-state index contributed by atoms with van der Waals surface area (Å²) in [6, 6.07) is 7.56. The second-order valence-corrected chi connectivity index (χ2v) is 3.77. The van der Waals surface area contributed by atoms with Crippen LogP contribution in [0.15, 0.2) is 42.0 Å². The number of carbonyl (C=O) groups is 1. The Bertz CT molecular complexity index is 430. The quantitative estimate of drug-likeness (QED) is 0.782. The van der Waals surface area contributed by atoms with Gasteiger partial charge in [-0.15, -0.1) is 0 Å². The number of allylic oxidation sites excluding steroid dienone is 2. The first-order valence-corrected chi connectivity index (χ1v) is 5.45. The molecular weight excluding hydrogens is 214 g/mol. The Labute approximate surface area is 101 Å². The molecule has 0 fully saturated rings. The lowest BCUT2D eigenvalue weighted by Gasteiger charge is -2.01. The first kappa shape index (κ1) is 13.2. The number of nitrogens with one attached hydrogen (secondary N) is 1. The summed E-state index contributed by atoms with van der Waals surface area (Å²) in [5, 5.41) is 11.4. The molecule has 3 nitrogen and oxygen atoms in total. The fourth-order valence-electron chi connectivity index (χ4n) is 1.32. The SMILES string of the molecule is CC(=O)Nc1ccc(/C=C/C(C)=C\CO)cc1. The highest BCUT2D eigenvalue weighted by Gasteiger charge is 1.94. The Morgan fingerprint density at radius 1 is 1.29 bits per heavy atom. The number of rotatable bonds is 4. The second kappa shape index (κ2) is 6.66. The molecule has 0 atom stereocenters. The standard InChI is InChI=1S/C14H17NO2/c1-11(9-10-16)3-4-13-5-7-14(8-6-13)15-12(2)17/h3-9,16H,10H2,1-2H3,(H,15,17)/b4-3+,11-9-. The lowest BCUT2D eigenvalue weighted by molar-refractivity contribution is -0.114. The van der Waals surface area contributed by atoms with Crippen molar-refractivity contribution in [1.82, 2.24) is 0 Å². The van der Waals surface area contributed by atoms with Crippen molar-refractivity contribution in [2.75, 3.05) is 11.9 Å². The maximum atomic E-state index is 10.8. The van der Waals surface area contributed by atoms with Gasteiger partial charge in [-0.25, -0.2) is 0 Å². The smallest absolute Gasteiger partial charge is 0.221 e. The minimum Gasteiger partial charge on any atom is -0.392 e. The molecule has 17 heavy (non-hydrogen) atoms. The first-order chi connectivity index (χ1) is 8.11. The summed E-state index contributed by atoms with van der Waals surface area (Å²) in [5.41, 5.74) is 2.85.